The van der Waals surface area contributed by atoms with E-state index in [1.54, 1.807) is 42.7 Å². The average Bonchev–Trinajstić information content (AvgIpc) is 3.71. The van der Waals surface area contributed by atoms with Gasteiger partial charge in [0.15, 0.2) is 5.58 Å². The van der Waals surface area contributed by atoms with Gasteiger partial charge in [-0.1, -0.05) is 12.1 Å². The van der Waals surface area contributed by atoms with Crippen molar-refractivity contribution in [2.75, 3.05) is 31.8 Å². The van der Waals surface area contributed by atoms with E-state index in [4.69, 9.17) is 18.6 Å². The molecule has 1 amide bonds. The molecule has 3 heterocycles. The molecule has 0 saturated heterocycles. The lowest BCUT2D eigenvalue weighted by Crippen LogP contribution is -2.25. The summed E-state index contributed by atoms with van der Waals surface area (Å²) < 4.78 is 58.8. The van der Waals surface area contributed by atoms with Crippen molar-refractivity contribution in [2.24, 2.45) is 0 Å². The Balaban J connectivity index is 1.44. The molecule has 0 aliphatic carbocycles. The van der Waals surface area contributed by atoms with E-state index in [1.165, 1.54) is 51.8 Å². The number of rotatable bonds is 8. The highest BCUT2D eigenvalue weighted by molar-refractivity contribution is 7.92. The molecule has 3 aromatic heterocycles. The minimum Gasteiger partial charge on any atom is -0.496 e. The summed E-state index contributed by atoms with van der Waals surface area (Å²) >= 11 is 0. The number of benzene rings is 4. The summed E-state index contributed by atoms with van der Waals surface area (Å²) in [4.78, 5) is 26.2. The Morgan fingerprint density at radius 2 is 1.57 bits per heavy atom. The van der Waals surface area contributed by atoms with Crippen LogP contribution in [0.2, 0.25) is 0 Å². The van der Waals surface area contributed by atoms with Crippen LogP contribution in [0.4, 0.5) is 10.1 Å². The summed E-state index contributed by atoms with van der Waals surface area (Å²) in [5, 5.41) is 3.08. The van der Waals surface area contributed by atoms with Crippen molar-refractivity contribution in [3.63, 3.8) is 0 Å². The largest absolute Gasteiger partial charge is 0.496 e. The number of hydrogen-bond donors (Lipinski definition) is 1. The third-order valence-electron chi connectivity index (χ3n) is 8.23. The van der Waals surface area contributed by atoms with Crippen LogP contribution in [-0.2, 0) is 10.0 Å². The first-order valence-electron chi connectivity index (χ1n) is 14.9. The van der Waals surface area contributed by atoms with E-state index < -0.39 is 21.7 Å². The van der Waals surface area contributed by atoms with Crippen LogP contribution in [0.25, 0.3) is 67.1 Å². The van der Waals surface area contributed by atoms with E-state index >= 15 is 0 Å². The highest BCUT2D eigenvalue weighted by atomic mass is 32.2. The van der Waals surface area contributed by atoms with Gasteiger partial charge in [0.25, 0.3) is 5.91 Å². The van der Waals surface area contributed by atoms with Crippen LogP contribution in [-0.4, -0.2) is 56.7 Å². The Morgan fingerprint density at radius 3 is 2.27 bits per heavy atom. The standard InChI is InChI=1S/C36H28FN5O6S/c1-38-35(43)33-26-15-25(29(42(2)49(4,44)45)16-31(26)47-34(33)20-5-9-24(37)10-6-20)22-8-12-30(46-3)27(13-22)36-41-28-11-7-21(14-32(28)48-36)23-17-39-19-40-18-23/h5-19H,1-4H3,(H,38,43). The molecule has 0 aliphatic rings. The van der Waals surface area contributed by atoms with Gasteiger partial charge in [-0.25, -0.2) is 27.8 Å². The van der Waals surface area contributed by atoms with E-state index in [0.717, 1.165) is 21.7 Å². The Kier molecular flexibility index (Phi) is 7.83. The van der Waals surface area contributed by atoms with Gasteiger partial charge in [-0.3, -0.25) is 9.10 Å². The summed E-state index contributed by atoms with van der Waals surface area (Å²) in [5.74, 6) is 0.0850. The molecule has 0 radical (unpaired) electrons. The zero-order valence-electron chi connectivity index (χ0n) is 26.7. The molecule has 0 atom stereocenters. The first kappa shape index (κ1) is 31.5. The van der Waals surface area contributed by atoms with Crippen molar-refractivity contribution in [3.05, 3.63) is 103 Å². The molecule has 1 N–H and O–H groups in total. The Hall–Kier alpha value is -6.08. The van der Waals surface area contributed by atoms with E-state index in [0.29, 0.717) is 50.2 Å². The van der Waals surface area contributed by atoms with Crippen LogP contribution in [0, 0.1) is 5.82 Å². The van der Waals surface area contributed by atoms with Gasteiger partial charge in [0, 0.05) is 54.6 Å². The van der Waals surface area contributed by atoms with E-state index in [1.807, 2.05) is 18.2 Å². The predicted molar refractivity (Wildman–Crippen MR) is 184 cm³/mol. The monoisotopic (exact) mass is 677 g/mol. The van der Waals surface area contributed by atoms with Gasteiger partial charge >= 0.3 is 0 Å². The van der Waals surface area contributed by atoms with Gasteiger partial charge in [0.1, 0.15) is 34.8 Å². The van der Waals surface area contributed by atoms with Crippen molar-refractivity contribution in [3.8, 4) is 50.8 Å². The second-order valence-corrected chi connectivity index (χ2v) is 13.2. The van der Waals surface area contributed by atoms with Crippen molar-refractivity contribution < 1.29 is 31.2 Å². The molecule has 0 spiro atoms. The lowest BCUT2D eigenvalue weighted by molar-refractivity contribution is 0.0964. The molecule has 0 bridgehead atoms. The maximum absolute atomic E-state index is 13.8. The average molecular weight is 678 g/mol. The highest BCUT2D eigenvalue weighted by Crippen LogP contribution is 2.43. The number of aromatic nitrogens is 3. The van der Waals surface area contributed by atoms with Gasteiger partial charge in [-0.15, -0.1) is 0 Å². The van der Waals surface area contributed by atoms with Crippen LogP contribution in [0.3, 0.4) is 0 Å². The summed E-state index contributed by atoms with van der Waals surface area (Å²) in [6, 6.07) is 19.7. The molecular formula is C36H28FN5O6S. The number of sulfonamides is 1. The Bertz CT molecular complexity index is 2500. The van der Waals surface area contributed by atoms with Crippen LogP contribution < -0.4 is 14.4 Å². The lowest BCUT2D eigenvalue weighted by Gasteiger charge is -2.21. The molecule has 7 aromatic rings. The van der Waals surface area contributed by atoms with E-state index in [-0.39, 0.29) is 22.8 Å². The smallest absolute Gasteiger partial charge is 0.255 e. The Labute approximate surface area is 280 Å². The summed E-state index contributed by atoms with van der Waals surface area (Å²) in [5.41, 5.74) is 5.63. The number of carbonyl (C=O) groups is 1. The number of anilines is 1. The van der Waals surface area contributed by atoms with E-state index in [2.05, 4.69) is 15.3 Å². The van der Waals surface area contributed by atoms with Crippen molar-refractivity contribution in [2.45, 2.75) is 0 Å². The zero-order chi connectivity index (χ0) is 34.4. The number of hydrogen-bond acceptors (Lipinski definition) is 9. The topological polar surface area (TPSA) is 141 Å². The minimum atomic E-state index is -3.75. The maximum Gasteiger partial charge on any atom is 0.255 e. The van der Waals surface area contributed by atoms with Gasteiger partial charge in [-0.2, -0.15) is 0 Å². The molecule has 49 heavy (non-hydrogen) atoms. The molecule has 0 aliphatic heterocycles. The third kappa shape index (κ3) is 5.74. The highest BCUT2D eigenvalue weighted by Gasteiger charge is 2.27. The fourth-order valence-electron chi connectivity index (χ4n) is 5.67. The van der Waals surface area contributed by atoms with Gasteiger partial charge < -0.3 is 18.9 Å². The fourth-order valence-corrected chi connectivity index (χ4v) is 6.18. The number of halogens is 1. The second-order valence-electron chi connectivity index (χ2n) is 11.2. The Morgan fingerprint density at radius 1 is 0.857 bits per heavy atom. The third-order valence-corrected chi connectivity index (χ3v) is 9.42. The molecule has 13 heteroatoms. The zero-order valence-corrected chi connectivity index (χ0v) is 27.5. The van der Waals surface area contributed by atoms with Crippen molar-refractivity contribution >= 4 is 43.7 Å². The molecule has 7 rings (SSSR count). The summed E-state index contributed by atoms with van der Waals surface area (Å²) in [6.45, 7) is 0. The van der Waals surface area contributed by atoms with Crippen LogP contribution in [0.5, 0.6) is 5.75 Å². The number of carbonyl (C=O) groups excluding carboxylic acids is 1. The number of methoxy groups -OCH3 is 1. The number of amides is 1. The van der Waals surface area contributed by atoms with Gasteiger partial charge in [-0.05, 0) is 65.7 Å². The van der Waals surface area contributed by atoms with E-state index in [9.17, 15) is 17.6 Å². The van der Waals surface area contributed by atoms with Crippen LogP contribution in [0.1, 0.15) is 10.4 Å². The number of fused-ring (bicyclic) bond motifs is 2. The van der Waals surface area contributed by atoms with Crippen LogP contribution in [0.15, 0.2) is 100 Å². The minimum absolute atomic E-state index is 0.211. The first-order chi connectivity index (χ1) is 23.5. The van der Waals surface area contributed by atoms with Crippen molar-refractivity contribution in [1.29, 1.82) is 0 Å². The molecule has 0 unspecified atom stereocenters. The number of ether oxygens (including phenoxy) is 1. The van der Waals surface area contributed by atoms with Gasteiger partial charge in [0.05, 0.1) is 30.2 Å². The molecule has 4 aromatic carbocycles. The molecule has 0 fully saturated rings. The molecular weight excluding hydrogens is 649 g/mol. The normalized spacial score (nSPS) is 11.6. The molecule has 0 saturated carbocycles. The lowest BCUT2D eigenvalue weighted by atomic mass is 9.97. The second kappa shape index (κ2) is 12.2. The maximum atomic E-state index is 13.8. The van der Waals surface area contributed by atoms with Crippen molar-refractivity contribution in [1.82, 2.24) is 20.3 Å². The molecule has 11 nitrogen and oxygen atoms in total. The number of nitrogens with one attached hydrogen (secondary N) is 1. The molecule has 246 valence electrons. The number of oxazole rings is 1. The predicted octanol–water partition coefficient (Wildman–Crippen LogP) is 6.94. The summed E-state index contributed by atoms with van der Waals surface area (Å²) in [7, 11) is 0.710. The number of furan rings is 1. The SMILES string of the molecule is CNC(=O)c1c(-c2ccc(F)cc2)oc2cc(N(C)S(C)(=O)=O)c(-c3ccc(OC)c(-c4nc5ccc(-c6cncnc6)cc5o4)c3)cc12. The fraction of sp³-hybridized carbons (Fsp3) is 0.111. The quantitative estimate of drug-likeness (QED) is 0.181. The summed E-state index contributed by atoms with van der Waals surface area (Å²) in [6.07, 6.45) is 5.97. The number of nitrogens with zero attached hydrogens (tertiary/aromatic N) is 4. The van der Waals surface area contributed by atoms with Crippen LogP contribution >= 0.6 is 0 Å². The first-order valence-corrected chi connectivity index (χ1v) is 16.8. The van der Waals surface area contributed by atoms with Gasteiger partial charge in [0.2, 0.25) is 15.9 Å².